The van der Waals surface area contributed by atoms with Crippen LogP contribution in [-0.4, -0.2) is 42.2 Å². The summed E-state index contributed by atoms with van der Waals surface area (Å²) in [5, 5.41) is 3.30. The lowest BCUT2D eigenvalue weighted by molar-refractivity contribution is -0.116. The van der Waals surface area contributed by atoms with Gasteiger partial charge >= 0.3 is 0 Å². The van der Waals surface area contributed by atoms with Crippen molar-refractivity contribution in [1.29, 1.82) is 0 Å². The number of H-pyrrole nitrogens is 1. The van der Waals surface area contributed by atoms with Gasteiger partial charge < -0.3 is 15.0 Å². The number of anilines is 2. The van der Waals surface area contributed by atoms with Crippen molar-refractivity contribution in [3.05, 3.63) is 50.8 Å². The van der Waals surface area contributed by atoms with Crippen LogP contribution in [-0.2, 0) is 9.53 Å². The summed E-state index contributed by atoms with van der Waals surface area (Å²) in [5.74, 6) is 0.256. The molecule has 1 atom stereocenters. The number of rotatable bonds is 2. The van der Waals surface area contributed by atoms with Gasteiger partial charge in [0.15, 0.2) is 0 Å². The number of nitrogens with zero attached hydrogens (tertiary/aromatic N) is 2. The zero-order valence-corrected chi connectivity index (χ0v) is 14.2. The van der Waals surface area contributed by atoms with E-state index >= 15 is 0 Å². The average Bonchev–Trinajstić information content (AvgIpc) is 2.61. The summed E-state index contributed by atoms with van der Waals surface area (Å²) in [7, 11) is 0. The quantitative estimate of drug-likeness (QED) is 0.851. The molecule has 1 aromatic heterocycles. The van der Waals surface area contributed by atoms with Gasteiger partial charge in [0.25, 0.3) is 5.56 Å². The number of benzene rings is 1. The maximum Gasteiger partial charge on any atom is 0.258 e. The van der Waals surface area contributed by atoms with Gasteiger partial charge in [0.05, 0.1) is 18.8 Å². The molecule has 1 saturated heterocycles. The van der Waals surface area contributed by atoms with E-state index in [1.165, 1.54) is 0 Å². The zero-order valence-electron chi connectivity index (χ0n) is 13.4. The maximum atomic E-state index is 12.8. The molecule has 1 unspecified atom stereocenters. The largest absolute Gasteiger partial charge is 0.378 e. The summed E-state index contributed by atoms with van der Waals surface area (Å²) in [5.41, 5.74) is 1.06. The lowest BCUT2D eigenvalue weighted by Gasteiger charge is -2.29. The van der Waals surface area contributed by atoms with Gasteiger partial charge in [-0.25, -0.2) is 0 Å². The number of amides is 1. The third-order valence-corrected chi connectivity index (χ3v) is 4.74. The molecule has 2 aliphatic rings. The summed E-state index contributed by atoms with van der Waals surface area (Å²) < 4.78 is 5.32. The Morgan fingerprint density at radius 2 is 2.04 bits per heavy atom. The van der Waals surface area contributed by atoms with Crippen molar-refractivity contribution in [2.45, 2.75) is 12.3 Å². The van der Waals surface area contributed by atoms with Crippen LogP contribution < -0.4 is 15.8 Å². The maximum absolute atomic E-state index is 12.8. The molecular formula is C17H17ClN4O3. The summed E-state index contributed by atoms with van der Waals surface area (Å²) in [6, 6.07) is 7.23. The van der Waals surface area contributed by atoms with Crippen molar-refractivity contribution < 1.29 is 9.53 Å². The Labute approximate surface area is 149 Å². The first-order chi connectivity index (χ1) is 12.1. The van der Waals surface area contributed by atoms with Crippen LogP contribution in [0, 0.1) is 0 Å². The van der Waals surface area contributed by atoms with Crippen LogP contribution in [0.15, 0.2) is 29.1 Å². The predicted octanol–water partition coefficient (Wildman–Crippen LogP) is 1.73. The fourth-order valence-corrected chi connectivity index (χ4v) is 3.49. The summed E-state index contributed by atoms with van der Waals surface area (Å²) in [6.45, 7) is 2.46. The molecule has 1 amide bonds. The van der Waals surface area contributed by atoms with E-state index in [0.29, 0.717) is 48.7 Å². The van der Waals surface area contributed by atoms with Gasteiger partial charge in [-0.3, -0.25) is 14.6 Å². The second-order valence-electron chi connectivity index (χ2n) is 6.11. The molecule has 4 rings (SSSR count). The highest BCUT2D eigenvalue weighted by Gasteiger charge is 2.31. The van der Waals surface area contributed by atoms with Gasteiger partial charge in [-0.1, -0.05) is 23.7 Å². The molecule has 0 saturated carbocycles. The molecule has 2 N–H and O–H groups in total. The lowest BCUT2D eigenvalue weighted by Crippen LogP contribution is -2.40. The van der Waals surface area contributed by atoms with Crippen LogP contribution in [0.3, 0.4) is 0 Å². The fourth-order valence-electron chi connectivity index (χ4n) is 3.29. The molecule has 0 spiro atoms. The monoisotopic (exact) mass is 360 g/mol. The predicted molar refractivity (Wildman–Crippen MR) is 94.4 cm³/mol. The number of aromatic nitrogens is 2. The number of hydrogen-bond acceptors (Lipinski definition) is 5. The molecule has 3 heterocycles. The number of halogens is 1. The van der Waals surface area contributed by atoms with Crippen molar-refractivity contribution in [3.63, 3.8) is 0 Å². The van der Waals surface area contributed by atoms with Gasteiger partial charge in [0.2, 0.25) is 11.9 Å². The molecule has 1 aromatic carbocycles. The van der Waals surface area contributed by atoms with Crippen molar-refractivity contribution >= 4 is 29.3 Å². The van der Waals surface area contributed by atoms with Crippen LogP contribution in [0.5, 0.6) is 0 Å². The van der Waals surface area contributed by atoms with Gasteiger partial charge in [-0.05, 0) is 17.7 Å². The molecule has 0 aliphatic carbocycles. The van der Waals surface area contributed by atoms with Gasteiger partial charge in [0.1, 0.15) is 5.82 Å². The number of hydrogen-bond donors (Lipinski definition) is 2. The molecule has 8 heteroatoms. The Kier molecular flexibility index (Phi) is 4.19. The molecule has 7 nitrogen and oxygen atoms in total. The van der Waals surface area contributed by atoms with Gasteiger partial charge in [0, 0.05) is 30.5 Å². The Morgan fingerprint density at radius 3 is 2.80 bits per heavy atom. The molecule has 1 fully saturated rings. The van der Waals surface area contributed by atoms with E-state index in [2.05, 4.69) is 15.3 Å². The molecule has 0 bridgehead atoms. The number of ether oxygens (including phenoxy) is 1. The average molecular weight is 361 g/mol. The summed E-state index contributed by atoms with van der Waals surface area (Å²) >= 11 is 6.07. The smallest absolute Gasteiger partial charge is 0.258 e. The SMILES string of the molecule is O=C1CC(c2cccc(Cl)c2)c2c(nc(N3CCOCC3)[nH]c2=O)N1. The van der Waals surface area contributed by atoms with E-state index in [-0.39, 0.29) is 23.8 Å². The number of carbonyl (C=O) groups is 1. The number of carbonyl (C=O) groups excluding carboxylic acids is 1. The number of fused-ring (bicyclic) bond motifs is 1. The Hall–Kier alpha value is -2.38. The van der Waals surface area contributed by atoms with Crippen molar-refractivity contribution in [2.24, 2.45) is 0 Å². The molecule has 25 heavy (non-hydrogen) atoms. The summed E-state index contributed by atoms with van der Waals surface area (Å²) in [4.78, 5) is 34.2. The van der Waals surface area contributed by atoms with Crippen LogP contribution in [0.1, 0.15) is 23.5 Å². The highest BCUT2D eigenvalue weighted by atomic mass is 35.5. The first-order valence-corrected chi connectivity index (χ1v) is 8.52. The second kappa shape index (κ2) is 6.50. The van der Waals surface area contributed by atoms with E-state index in [4.69, 9.17) is 16.3 Å². The topological polar surface area (TPSA) is 87.3 Å². The third-order valence-electron chi connectivity index (χ3n) is 4.50. The highest BCUT2D eigenvalue weighted by molar-refractivity contribution is 6.30. The Morgan fingerprint density at radius 1 is 1.24 bits per heavy atom. The van der Waals surface area contributed by atoms with E-state index in [0.717, 1.165) is 5.56 Å². The first-order valence-electron chi connectivity index (χ1n) is 8.14. The number of morpholine rings is 1. The molecule has 0 radical (unpaired) electrons. The minimum atomic E-state index is -0.363. The fraction of sp³-hybridized carbons (Fsp3) is 0.353. The molecular weight excluding hydrogens is 344 g/mol. The Bertz CT molecular complexity index is 876. The van der Waals surface area contributed by atoms with Crippen LogP contribution in [0.2, 0.25) is 5.02 Å². The summed E-state index contributed by atoms with van der Waals surface area (Å²) in [6.07, 6.45) is 0.189. The van der Waals surface area contributed by atoms with Gasteiger partial charge in [-0.15, -0.1) is 0 Å². The van der Waals surface area contributed by atoms with Crippen molar-refractivity contribution in [3.8, 4) is 0 Å². The normalized spacial score (nSPS) is 20.1. The highest BCUT2D eigenvalue weighted by Crippen LogP contribution is 2.35. The van der Waals surface area contributed by atoms with E-state index in [1.807, 2.05) is 17.0 Å². The molecule has 2 aromatic rings. The van der Waals surface area contributed by atoms with E-state index in [1.54, 1.807) is 12.1 Å². The van der Waals surface area contributed by atoms with E-state index < -0.39 is 0 Å². The van der Waals surface area contributed by atoms with Crippen LogP contribution in [0.4, 0.5) is 11.8 Å². The molecule has 2 aliphatic heterocycles. The first kappa shape index (κ1) is 16.1. The Balaban J connectivity index is 1.78. The minimum absolute atomic E-state index is 0.163. The molecule has 130 valence electrons. The van der Waals surface area contributed by atoms with Crippen molar-refractivity contribution in [1.82, 2.24) is 9.97 Å². The van der Waals surface area contributed by atoms with E-state index in [9.17, 15) is 9.59 Å². The lowest BCUT2D eigenvalue weighted by atomic mass is 9.87. The van der Waals surface area contributed by atoms with Crippen LogP contribution in [0.25, 0.3) is 0 Å². The third kappa shape index (κ3) is 3.12. The zero-order chi connectivity index (χ0) is 17.4. The standard InChI is InChI=1S/C17H17ClN4O3/c18-11-3-1-2-10(8-11)12-9-13(23)19-15-14(12)16(24)21-17(20-15)22-4-6-25-7-5-22/h1-3,8,12H,4-7,9H2,(H2,19,20,21,23,24). The number of nitrogens with one attached hydrogen (secondary N) is 2. The minimum Gasteiger partial charge on any atom is -0.378 e. The van der Waals surface area contributed by atoms with Crippen LogP contribution >= 0.6 is 11.6 Å². The van der Waals surface area contributed by atoms with Crippen molar-refractivity contribution in [2.75, 3.05) is 36.5 Å². The van der Waals surface area contributed by atoms with Gasteiger partial charge in [-0.2, -0.15) is 4.98 Å². The second-order valence-corrected chi connectivity index (χ2v) is 6.55. The number of aromatic amines is 1.